The summed E-state index contributed by atoms with van der Waals surface area (Å²) >= 11 is 1.92. The van der Waals surface area contributed by atoms with E-state index in [1.807, 2.05) is 11.3 Å². The van der Waals surface area contributed by atoms with Crippen LogP contribution >= 0.6 is 11.3 Å². The number of anilines is 6. The zero-order valence-corrected chi connectivity index (χ0v) is 46.6. The number of rotatable bonds is 5. The Bertz CT molecular complexity index is 3710. The van der Waals surface area contributed by atoms with E-state index in [4.69, 9.17) is 0 Å². The van der Waals surface area contributed by atoms with E-state index < -0.39 is 0 Å². The Balaban J connectivity index is 1.12. The highest BCUT2D eigenvalue weighted by molar-refractivity contribution is 7.25. The molecular formula is C70H71BN2S. The van der Waals surface area contributed by atoms with Crippen LogP contribution in [0.1, 0.15) is 158 Å². The number of aryl methyl sites for hydroxylation is 1. The van der Waals surface area contributed by atoms with Crippen molar-refractivity contribution >= 4 is 88.7 Å². The van der Waals surface area contributed by atoms with E-state index in [0.717, 1.165) is 0 Å². The van der Waals surface area contributed by atoms with Crippen molar-refractivity contribution in [2.24, 2.45) is 0 Å². The van der Waals surface area contributed by atoms with Crippen LogP contribution in [0.5, 0.6) is 0 Å². The first-order valence-corrected chi connectivity index (χ1v) is 28.3. The monoisotopic (exact) mass is 983 g/mol. The average Bonchev–Trinajstić information content (AvgIpc) is 3.74. The Morgan fingerprint density at radius 3 is 1.59 bits per heavy atom. The minimum Gasteiger partial charge on any atom is -0.311 e. The molecule has 2 aliphatic carbocycles. The van der Waals surface area contributed by atoms with Crippen molar-refractivity contribution in [1.29, 1.82) is 0 Å². The number of fused-ring (bicyclic) bond motifs is 9. The van der Waals surface area contributed by atoms with Gasteiger partial charge in [-0.3, -0.25) is 0 Å². The summed E-state index contributed by atoms with van der Waals surface area (Å²) in [6.07, 6.45) is 4.71. The second kappa shape index (κ2) is 16.3. The van der Waals surface area contributed by atoms with Crippen LogP contribution in [-0.4, -0.2) is 6.71 Å². The third kappa shape index (κ3) is 7.32. The zero-order chi connectivity index (χ0) is 51.4. The summed E-state index contributed by atoms with van der Waals surface area (Å²) < 4.78 is 2.68. The molecular weight excluding hydrogens is 912 g/mol. The van der Waals surface area contributed by atoms with Crippen LogP contribution < -0.4 is 26.2 Å². The molecule has 0 fully saturated rings. The van der Waals surface area contributed by atoms with Gasteiger partial charge in [0.05, 0.1) is 0 Å². The predicted octanol–water partition coefficient (Wildman–Crippen LogP) is 17.6. The first kappa shape index (κ1) is 47.4. The lowest BCUT2D eigenvalue weighted by Crippen LogP contribution is -2.62. The van der Waals surface area contributed by atoms with Gasteiger partial charge in [-0.2, -0.15) is 0 Å². The molecule has 0 unspecified atom stereocenters. The van der Waals surface area contributed by atoms with Crippen LogP contribution in [0.15, 0.2) is 158 Å². The molecule has 8 aromatic carbocycles. The maximum Gasteiger partial charge on any atom is 0.252 e. The zero-order valence-electron chi connectivity index (χ0n) is 45.8. The van der Waals surface area contributed by atoms with Gasteiger partial charge in [-0.05, 0) is 187 Å². The van der Waals surface area contributed by atoms with E-state index in [2.05, 4.69) is 251 Å². The summed E-state index contributed by atoms with van der Waals surface area (Å²) in [4.78, 5) is 5.36. The molecule has 2 nitrogen and oxygen atoms in total. The lowest BCUT2D eigenvalue weighted by molar-refractivity contribution is 0.332. The molecule has 0 atom stereocenters. The Hall–Kier alpha value is -6.36. The van der Waals surface area contributed by atoms with Crippen LogP contribution in [-0.2, 0) is 27.1 Å². The van der Waals surface area contributed by atoms with Gasteiger partial charge in [0.2, 0.25) is 0 Å². The van der Waals surface area contributed by atoms with Gasteiger partial charge in [0.25, 0.3) is 6.71 Å². The van der Waals surface area contributed by atoms with E-state index in [0.29, 0.717) is 0 Å². The molecule has 4 heteroatoms. The van der Waals surface area contributed by atoms with Crippen LogP contribution in [0.25, 0.3) is 20.2 Å². The second-order valence-corrected chi connectivity index (χ2v) is 27.4. The molecule has 0 spiro atoms. The van der Waals surface area contributed by atoms with Gasteiger partial charge in [-0.1, -0.05) is 173 Å². The van der Waals surface area contributed by atoms with Crippen molar-refractivity contribution in [2.75, 3.05) is 9.80 Å². The molecule has 1 aromatic heterocycles. The average molecular weight is 983 g/mol. The topological polar surface area (TPSA) is 6.48 Å². The fourth-order valence-corrected chi connectivity index (χ4v) is 15.0. The van der Waals surface area contributed by atoms with Gasteiger partial charge in [0, 0.05) is 60.2 Å². The fraction of sp³-hybridized carbons (Fsp3) is 0.314. The highest BCUT2D eigenvalue weighted by atomic mass is 32.1. The molecule has 9 aromatic rings. The van der Waals surface area contributed by atoms with Crippen molar-refractivity contribution < 1.29 is 0 Å². The SMILES string of the molecule is Cc1cc2c3c(c1)N(c1ccc4c(c1)C(C)(C)CCC4(C)C)c1cc4c(cc1B3c1ccc(C(c3ccccc3)c3ccccc3)cc1N2c1ccc2sc3cc(C(C)(C)C)ccc3c2c1)C(C)(C)CCC4(C)C. The van der Waals surface area contributed by atoms with Crippen molar-refractivity contribution in [3.8, 4) is 0 Å². The highest BCUT2D eigenvalue weighted by Gasteiger charge is 2.47. The summed E-state index contributed by atoms with van der Waals surface area (Å²) in [6.45, 7) is 29.1. The van der Waals surface area contributed by atoms with Crippen LogP contribution in [0.3, 0.4) is 0 Å². The van der Waals surface area contributed by atoms with Gasteiger partial charge in [0.15, 0.2) is 0 Å². The molecule has 2 aliphatic heterocycles. The molecule has 74 heavy (non-hydrogen) atoms. The van der Waals surface area contributed by atoms with E-state index in [1.54, 1.807) is 0 Å². The molecule has 0 radical (unpaired) electrons. The van der Waals surface area contributed by atoms with Crippen LogP contribution in [0, 0.1) is 6.92 Å². The van der Waals surface area contributed by atoms with Crippen LogP contribution in [0.4, 0.5) is 34.1 Å². The minimum absolute atomic E-state index is 0.0136. The van der Waals surface area contributed by atoms with Crippen molar-refractivity contribution in [3.05, 3.63) is 208 Å². The van der Waals surface area contributed by atoms with Gasteiger partial charge in [-0.15, -0.1) is 11.3 Å². The third-order valence-electron chi connectivity index (χ3n) is 18.5. The number of benzene rings is 8. The lowest BCUT2D eigenvalue weighted by atomic mass is 9.33. The number of hydrogen-bond acceptors (Lipinski definition) is 3. The summed E-state index contributed by atoms with van der Waals surface area (Å²) in [6, 6.07) is 62.3. The summed E-state index contributed by atoms with van der Waals surface area (Å²) in [7, 11) is 0. The van der Waals surface area contributed by atoms with E-state index in [1.165, 1.54) is 146 Å². The van der Waals surface area contributed by atoms with Crippen molar-refractivity contribution in [3.63, 3.8) is 0 Å². The Morgan fingerprint density at radius 1 is 0.446 bits per heavy atom. The number of nitrogens with zero attached hydrogens (tertiary/aromatic N) is 2. The first-order chi connectivity index (χ1) is 35.2. The molecule has 0 saturated heterocycles. The Labute approximate surface area is 445 Å². The molecule has 0 saturated carbocycles. The third-order valence-corrected chi connectivity index (χ3v) is 19.6. The predicted molar refractivity (Wildman–Crippen MR) is 321 cm³/mol. The minimum atomic E-state index is 0.0136. The standard InChI is InChI=1S/C70H71BN2S/c1-43-35-60-65-61(36-43)73(49-25-28-52-53(40-49)68(7,8)32-31-67(52,5)6)59-42-55-54(69(9,10)33-34-70(55,11)12)41-57(59)71(65)56-29-23-46(64(44-19-15-13-16-20-44)45-21-17-14-18-22-45)37-58(56)72(60)48-26-30-62-51(39-48)50-27-24-47(66(2,3)4)38-63(50)74-62/h13-30,35-42,64H,31-34H2,1-12H3. The van der Waals surface area contributed by atoms with E-state index >= 15 is 0 Å². The van der Waals surface area contributed by atoms with E-state index in [9.17, 15) is 0 Å². The van der Waals surface area contributed by atoms with Gasteiger partial charge in [-0.25, -0.2) is 0 Å². The highest BCUT2D eigenvalue weighted by Crippen LogP contribution is 2.53. The number of hydrogen-bond donors (Lipinski definition) is 0. The maximum absolute atomic E-state index is 2.70. The smallest absolute Gasteiger partial charge is 0.252 e. The van der Waals surface area contributed by atoms with Gasteiger partial charge >= 0.3 is 0 Å². The van der Waals surface area contributed by atoms with Crippen molar-refractivity contribution in [1.82, 2.24) is 0 Å². The Morgan fingerprint density at radius 2 is 0.986 bits per heavy atom. The molecule has 0 bridgehead atoms. The summed E-state index contributed by atoms with van der Waals surface area (Å²) in [5, 5.41) is 2.65. The second-order valence-electron chi connectivity index (χ2n) is 26.4. The lowest BCUT2D eigenvalue weighted by Gasteiger charge is -2.48. The van der Waals surface area contributed by atoms with Gasteiger partial charge < -0.3 is 9.80 Å². The van der Waals surface area contributed by atoms with Crippen LogP contribution in [0.2, 0.25) is 0 Å². The molecule has 4 aliphatic rings. The van der Waals surface area contributed by atoms with Crippen molar-refractivity contribution in [2.45, 2.75) is 142 Å². The first-order valence-electron chi connectivity index (χ1n) is 27.5. The molecule has 3 heterocycles. The largest absolute Gasteiger partial charge is 0.311 e. The summed E-state index contributed by atoms with van der Waals surface area (Å²) in [5.41, 5.74) is 24.7. The fourth-order valence-electron chi connectivity index (χ4n) is 13.9. The van der Waals surface area contributed by atoms with E-state index in [-0.39, 0.29) is 39.7 Å². The van der Waals surface area contributed by atoms with Gasteiger partial charge in [0.1, 0.15) is 0 Å². The summed E-state index contributed by atoms with van der Waals surface area (Å²) in [5.74, 6) is 0.0572. The number of thiophene rings is 1. The molecule has 370 valence electrons. The molecule has 13 rings (SSSR count). The maximum atomic E-state index is 2.70. The molecule has 0 N–H and O–H groups in total. The quantitative estimate of drug-likeness (QED) is 0.125. The Kier molecular flexibility index (Phi) is 10.4. The molecule has 0 amide bonds. The normalized spacial score (nSPS) is 17.7.